The van der Waals surface area contributed by atoms with Crippen LogP contribution in [0.4, 0.5) is 0 Å². The zero-order valence-corrected chi connectivity index (χ0v) is 9.07. The Hall–Kier alpha value is -0.640. The molecule has 4 heteroatoms. The number of pyridine rings is 1. The average molecular weight is 215 g/mol. The van der Waals surface area contributed by atoms with Gasteiger partial charge < -0.3 is 10.8 Å². The van der Waals surface area contributed by atoms with E-state index in [2.05, 4.69) is 4.98 Å². The fourth-order valence-corrected chi connectivity index (χ4v) is 1.50. The molecule has 0 aliphatic carbocycles. The van der Waals surface area contributed by atoms with Crippen molar-refractivity contribution in [2.75, 3.05) is 0 Å². The SMILES string of the molecule is CC(C)[C@@H](O)[C@@H](N)c1ccncc1Cl. The first kappa shape index (κ1) is 11.4. The molecule has 0 aliphatic rings. The molecule has 78 valence electrons. The molecule has 1 aromatic rings. The van der Waals surface area contributed by atoms with Crippen LogP contribution in [0.1, 0.15) is 25.5 Å². The third-order valence-corrected chi connectivity index (χ3v) is 2.53. The van der Waals surface area contributed by atoms with Crippen LogP contribution in [0.15, 0.2) is 18.5 Å². The van der Waals surface area contributed by atoms with Crippen molar-refractivity contribution in [1.82, 2.24) is 4.98 Å². The van der Waals surface area contributed by atoms with Gasteiger partial charge in [0.25, 0.3) is 0 Å². The summed E-state index contributed by atoms with van der Waals surface area (Å²) in [5, 5.41) is 10.3. The van der Waals surface area contributed by atoms with Gasteiger partial charge in [0.2, 0.25) is 0 Å². The Labute approximate surface area is 88.9 Å². The van der Waals surface area contributed by atoms with Gasteiger partial charge in [-0.05, 0) is 17.5 Å². The van der Waals surface area contributed by atoms with Gasteiger partial charge in [0.1, 0.15) is 0 Å². The monoisotopic (exact) mass is 214 g/mol. The highest BCUT2D eigenvalue weighted by atomic mass is 35.5. The first-order valence-electron chi connectivity index (χ1n) is 4.57. The molecule has 2 atom stereocenters. The van der Waals surface area contributed by atoms with E-state index in [1.54, 1.807) is 12.3 Å². The molecule has 3 N–H and O–H groups in total. The molecule has 14 heavy (non-hydrogen) atoms. The number of hydrogen-bond donors (Lipinski definition) is 2. The Morgan fingerprint density at radius 2 is 2.14 bits per heavy atom. The van der Waals surface area contributed by atoms with E-state index in [1.165, 1.54) is 6.20 Å². The largest absolute Gasteiger partial charge is 0.391 e. The molecular formula is C10H15ClN2O. The molecule has 0 spiro atoms. The molecule has 1 aromatic heterocycles. The van der Waals surface area contributed by atoms with Gasteiger partial charge in [0.05, 0.1) is 17.2 Å². The quantitative estimate of drug-likeness (QED) is 0.806. The van der Waals surface area contributed by atoms with Gasteiger partial charge in [0.15, 0.2) is 0 Å². The van der Waals surface area contributed by atoms with Crippen LogP contribution in [0.2, 0.25) is 5.02 Å². The molecule has 0 saturated heterocycles. The van der Waals surface area contributed by atoms with Gasteiger partial charge in [-0.15, -0.1) is 0 Å². The maximum absolute atomic E-state index is 9.77. The molecule has 0 unspecified atom stereocenters. The highest BCUT2D eigenvalue weighted by Crippen LogP contribution is 2.25. The molecule has 0 saturated carbocycles. The number of aromatic nitrogens is 1. The molecule has 1 heterocycles. The van der Waals surface area contributed by atoms with Crippen molar-refractivity contribution in [3.05, 3.63) is 29.0 Å². The lowest BCUT2D eigenvalue weighted by atomic mass is 9.95. The van der Waals surface area contributed by atoms with Crippen molar-refractivity contribution >= 4 is 11.6 Å². The van der Waals surface area contributed by atoms with E-state index >= 15 is 0 Å². The average Bonchev–Trinajstić information content (AvgIpc) is 2.16. The van der Waals surface area contributed by atoms with Gasteiger partial charge in [-0.1, -0.05) is 25.4 Å². The summed E-state index contributed by atoms with van der Waals surface area (Å²) in [6, 6.07) is 1.28. The van der Waals surface area contributed by atoms with Crippen LogP contribution >= 0.6 is 11.6 Å². The van der Waals surface area contributed by atoms with Crippen molar-refractivity contribution in [3.8, 4) is 0 Å². The molecule has 0 bridgehead atoms. The molecule has 0 fully saturated rings. The van der Waals surface area contributed by atoms with Crippen molar-refractivity contribution in [1.29, 1.82) is 0 Å². The van der Waals surface area contributed by atoms with E-state index < -0.39 is 12.1 Å². The lowest BCUT2D eigenvalue weighted by Gasteiger charge is -2.22. The van der Waals surface area contributed by atoms with Gasteiger partial charge in [-0.2, -0.15) is 0 Å². The minimum Gasteiger partial charge on any atom is -0.391 e. The second-order valence-corrected chi connectivity index (χ2v) is 4.06. The van der Waals surface area contributed by atoms with Crippen LogP contribution in [0.3, 0.4) is 0 Å². The van der Waals surface area contributed by atoms with Gasteiger partial charge in [-0.3, -0.25) is 4.98 Å². The standard InChI is InChI=1S/C10H15ClN2O/c1-6(2)10(14)9(12)7-3-4-13-5-8(7)11/h3-6,9-10,14H,12H2,1-2H3/t9-,10+/m0/s1. The van der Waals surface area contributed by atoms with Crippen molar-refractivity contribution in [3.63, 3.8) is 0 Å². The molecule has 0 amide bonds. The van der Waals surface area contributed by atoms with Crippen molar-refractivity contribution in [2.45, 2.75) is 26.0 Å². The van der Waals surface area contributed by atoms with Crippen LogP contribution in [0.25, 0.3) is 0 Å². The summed E-state index contributed by atoms with van der Waals surface area (Å²) in [5.41, 5.74) is 6.62. The Morgan fingerprint density at radius 3 is 2.64 bits per heavy atom. The zero-order valence-electron chi connectivity index (χ0n) is 8.31. The normalized spacial score (nSPS) is 15.6. The van der Waals surface area contributed by atoms with Crippen LogP contribution in [0.5, 0.6) is 0 Å². The summed E-state index contributed by atoms with van der Waals surface area (Å²) in [7, 11) is 0. The smallest absolute Gasteiger partial charge is 0.0756 e. The number of aliphatic hydroxyl groups is 1. The molecule has 1 rings (SSSR count). The number of hydrogen-bond acceptors (Lipinski definition) is 3. The van der Waals surface area contributed by atoms with E-state index in [0.717, 1.165) is 5.56 Å². The molecule has 0 radical (unpaired) electrons. The molecular weight excluding hydrogens is 200 g/mol. The lowest BCUT2D eigenvalue weighted by Crippen LogP contribution is -2.30. The second-order valence-electron chi connectivity index (χ2n) is 3.66. The van der Waals surface area contributed by atoms with Crippen LogP contribution in [0, 0.1) is 5.92 Å². The Kier molecular flexibility index (Phi) is 3.86. The highest BCUT2D eigenvalue weighted by molar-refractivity contribution is 6.31. The summed E-state index contributed by atoms with van der Waals surface area (Å²) >= 11 is 5.91. The topological polar surface area (TPSA) is 59.1 Å². The van der Waals surface area contributed by atoms with Gasteiger partial charge in [0, 0.05) is 12.4 Å². The first-order valence-corrected chi connectivity index (χ1v) is 4.95. The fraction of sp³-hybridized carbons (Fsp3) is 0.500. The van der Waals surface area contributed by atoms with E-state index in [0.29, 0.717) is 5.02 Å². The van der Waals surface area contributed by atoms with Crippen molar-refractivity contribution in [2.24, 2.45) is 11.7 Å². The van der Waals surface area contributed by atoms with E-state index in [1.807, 2.05) is 13.8 Å². The highest BCUT2D eigenvalue weighted by Gasteiger charge is 2.21. The minimum atomic E-state index is -0.588. The third-order valence-electron chi connectivity index (χ3n) is 2.21. The van der Waals surface area contributed by atoms with Crippen molar-refractivity contribution < 1.29 is 5.11 Å². The minimum absolute atomic E-state index is 0.106. The molecule has 0 aliphatic heterocycles. The summed E-state index contributed by atoms with van der Waals surface area (Å²) in [6.45, 7) is 3.83. The third kappa shape index (κ3) is 2.44. The number of nitrogens with two attached hydrogens (primary N) is 1. The summed E-state index contributed by atoms with van der Waals surface area (Å²) in [5.74, 6) is 0.106. The van der Waals surface area contributed by atoms with E-state index in [9.17, 15) is 5.11 Å². The number of rotatable bonds is 3. The first-order chi connectivity index (χ1) is 6.54. The van der Waals surface area contributed by atoms with E-state index in [4.69, 9.17) is 17.3 Å². The lowest BCUT2D eigenvalue weighted by molar-refractivity contribution is 0.0979. The predicted molar refractivity (Wildman–Crippen MR) is 57.0 cm³/mol. The maximum Gasteiger partial charge on any atom is 0.0756 e. The fourth-order valence-electron chi connectivity index (χ4n) is 1.25. The molecule has 0 aromatic carbocycles. The Balaban J connectivity index is 2.89. The molecule has 3 nitrogen and oxygen atoms in total. The number of halogens is 1. The predicted octanol–water partition coefficient (Wildman–Crippen LogP) is 1.75. The van der Waals surface area contributed by atoms with Crippen LogP contribution < -0.4 is 5.73 Å². The van der Waals surface area contributed by atoms with E-state index in [-0.39, 0.29) is 5.92 Å². The Morgan fingerprint density at radius 1 is 1.50 bits per heavy atom. The Bertz CT molecular complexity index is 304. The summed E-state index contributed by atoms with van der Waals surface area (Å²) < 4.78 is 0. The maximum atomic E-state index is 9.77. The van der Waals surface area contributed by atoms with Crippen LogP contribution in [-0.2, 0) is 0 Å². The van der Waals surface area contributed by atoms with Crippen LogP contribution in [-0.4, -0.2) is 16.2 Å². The summed E-state index contributed by atoms with van der Waals surface area (Å²) in [4.78, 5) is 3.86. The van der Waals surface area contributed by atoms with Gasteiger partial charge in [-0.25, -0.2) is 0 Å². The number of nitrogens with zero attached hydrogens (tertiary/aromatic N) is 1. The summed E-state index contributed by atoms with van der Waals surface area (Å²) in [6.07, 6.45) is 2.56. The second kappa shape index (κ2) is 4.73. The van der Waals surface area contributed by atoms with Gasteiger partial charge >= 0.3 is 0 Å². The zero-order chi connectivity index (χ0) is 10.7. The number of aliphatic hydroxyl groups excluding tert-OH is 1.